The Morgan fingerprint density at radius 1 is 1.04 bits per heavy atom. The zero-order valence-corrected chi connectivity index (χ0v) is 14.9. The van der Waals surface area contributed by atoms with Gasteiger partial charge < -0.3 is 14.8 Å². The molecule has 0 fully saturated rings. The van der Waals surface area contributed by atoms with E-state index in [2.05, 4.69) is 5.32 Å². The first-order valence-electron chi connectivity index (χ1n) is 8.98. The molecule has 1 atom stereocenters. The van der Waals surface area contributed by atoms with Crippen LogP contribution < -0.4 is 5.32 Å². The summed E-state index contributed by atoms with van der Waals surface area (Å²) in [7, 11) is 0. The van der Waals surface area contributed by atoms with E-state index in [1.807, 2.05) is 30.3 Å². The number of benzene rings is 2. The smallest absolute Gasteiger partial charge is 0.194 e. The van der Waals surface area contributed by atoms with Gasteiger partial charge in [-0.2, -0.15) is 0 Å². The molecule has 1 heterocycles. The van der Waals surface area contributed by atoms with E-state index in [9.17, 15) is 13.2 Å². The van der Waals surface area contributed by atoms with Crippen molar-refractivity contribution in [3.05, 3.63) is 77.3 Å². The number of hydrogen-bond donors (Lipinski definition) is 1. The third-order valence-electron chi connectivity index (χ3n) is 4.36. The Morgan fingerprint density at radius 2 is 1.78 bits per heavy atom. The molecule has 0 unspecified atom stereocenters. The van der Waals surface area contributed by atoms with Crippen molar-refractivity contribution in [2.45, 2.75) is 31.9 Å². The van der Waals surface area contributed by atoms with E-state index in [1.54, 1.807) is 0 Å². The molecule has 6 heteroatoms. The summed E-state index contributed by atoms with van der Waals surface area (Å²) in [5.41, 5.74) is 1.82. The Labute approximate surface area is 156 Å². The molecule has 2 aromatic carbocycles. The third-order valence-corrected chi connectivity index (χ3v) is 4.36. The van der Waals surface area contributed by atoms with E-state index < -0.39 is 17.5 Å². The Bertz CT molecular complexity index is 757. The fraction of sp³-hybridized carbons (Fsp3) is 0.333. The van der Waals surface area contributed by atoms with Crippen LogP contribution in [0.3, 0.4) is 0 Å². The fourth-order valence-corrected chi connectivity index (χ4v) is 2.92. The molecule has 27 heavy (non-hydrogen) atoms. The van der Waals surface area contributed by atoms with Crippen LogP contribution >= 0.6 is 0 Å². The molecule has 2 aromatic rings. The average molecular weight is 377 g/mol. The van der Waals surface area contributed by atoms with E-state index in [4.69, 9.17) is 9.47 Å². The molecule has 3 rings (SSSR count). The van der Waals surface area contributed by atoms with Crippen LogP contribution in [0, 0.1) is 17.5 Å². The molecule has 1 aliphatic heterocycles. The Kier molecular flexibility index (Phi) is 6.76. The first kappa shape index (κ1) is 19.3. The number of hydrogen-bond acceptors (Lipinski definition) is 3. The standard InChI is InChI=1S/C21H22F3NO2/c22-18-10-16(11-19(23)21(18)24)20-14-27-13-17(25-20)8-4-5-9-26-12-15-6-2-1-3-7-15/h1-3,6-7,10-11,14,17,25H,4-5,8-9,12-13H2/t17-/m1/s1. The molecule has 3 nitrogen and oxygen atoms in total. The first-order valence-corrected chi connectivity index (χ1v) is 8.98. The molecular formula is C21H22F3NO2. The van der Waals surface area contributed by atoms with E-state index in [0.29, 0.717) is 25.5 Å². The maximum atomic E-state index is 13.4. The van der Waals surface area contributed by atoms with Gasteiger partial charge in [0, 0.05) is 12.2 Å². The summed E-state index contributed by atoms with van der Waals surface area (Å²) < 4.78 is 51.0. The van der Waals surface area contributed by atoms with Gasteiger partial charge in [-0.25, -0.2) is 13.2 Å². The van der Waals surface area contributed by atoms with Crippen molar-refractivity contribution >= 4 is 5.70 Å². The minimum atomic E-state index is -1.47. The van der Waals surface area contributed by atoms with Crippen molar-refractivity contribution < 1.29 is 22.6 Å². The zero-order valence-electron chi connectivity index (χ0n) is 14.9. The van der Waals surface area contributed by atoms with Gasteiger partial charge in [-0.05, 0) is 37.0 Å². The summed E-state index contributed by atoms with van der Waals surface area (Å²) in [6, 6.07) is 11.9. The Morgan fingerprint density at radius 3 is 2.52 bits per heavy atom. The quantitative estimate of drug-likeness (QED) is 0.531. The number of unbranched alkanes of at least 4 members (excludes halogenated alkanes) is 1. The molecule has 0 saturated carbocycles. The lowest BCUT2D eigenvalue weighted by Gasteiger charge is -2.26. The van der Waals surface area contributed by atoms with Crippen molar-refractivity contribution in [2.24, 2.45) is 0 Å². The van der Waals surface area contributed by atoms with E-state index >= 15 is 0 Å². The lowest BCUT2D eigenvalue weighted by atomic mass is 10.1. The SMILES string of the molecule is Fc1cc(C2=COC[C@@H](CCCCOCc3ccccc3)N2)cc(F)c1F. The van der Waals surface area contributed by atoms with Crippen LogP contribution in [0.4, 0.5) is 13.2 Å². The molecular weight excluding hydrogens is 355 g/mol. The monoisotopic (exact) mass is 377 g/mol. The van der Waals surface area contributed by atoms with Crippen LogP contribution in [-0.2, 0) is 16.1 Å². The maximum Gasteiger partial charge on any atom is 0.194 e. The minimum Gasteiger partial charge on any atom is -0.497 e. The molecule has 0 aliphatic carbocycles. The van der Waals surface area contributed by atoms with Crippen molar-refractivity contribution in [1.82, 2.24) is 5.32 Å². The fourth-order valence-electron chi connectivity index (χ4n) is 2.92. The summed E-state index contributed by atoms with van der Waals surface area (Å²) in [6.07, 6.45) is 4.07. The molecule has 0 bridgehead atoms. The second kappa shape index (κ2) is 9.46. The van der Waals surface area contributed by atoms with Gasteiger partial charge in [-0.3, -0.25) is 0 Å². The van der Waals surface area contributed by atoms with Gasteiger partial charge in [-0.15, -0.1) is 0 Å². The normalized spacial score (nSPS) is 16.4. The molecule has 0 saturated heterocycles. The van der Waals surface area contributed by atoms with E-state index in [1.165, 1.54) is 6.26 Å². The zero-order chi connectivity index (χ0) is 19.1. The lowest BCUT2D eigenvalue weighted by molar-refractivity contribution is 0.115. The van der Waals surface area contributed by atoms with Gasteiger partial charge in [-0.1, -0.05) is 30.3 Å². The lowest BCUT2D eigenvalue weighted by Crippen LogP contribution is -2.35. The second-order valence-corrected chi connectivity index (χ2v) is 6.49. The first-order chi connectivity index (χ1) is 13.1. The highest BCUT2D eigenvalue weighted by Crippen LogP contribution is 2.22. The predicted molar refractivity (Wildman–Crippen MR) is 97.1 cm³/mol. The summed E-state index contributed by atoms with van der Waals surface area (Å²) >= 11 is 0. The van der Waals surface area contributed by atoms with Crippen LogP contribution in [0.5, 0.6) is 0 Å². The van der Waals surface area contributed by atoms with Crippen LogP contribution in [0.15, 0.2) is 48.7 Å². The summed E-state index contributed by atoms with van der Waals surface area (Å²) in [4.78, 5) is 0. The molecule has 0 aromatic heterocycles. The Balaban J connectivity index is 1.40. The minimum absolute atomic E-state index is 0.0234. The maximum absolute atomic E-state index is 13.4. The number of halogens is 3. The largest absolute Gasteiger partial charge is 0.497 e. The van der Waals surface area contributed by atoms with Crippen LogP contribution in [-0.4, -0.2) is 19.3 Å². The van der Waals surface area contributed by atoms with Crippen molar-refractivity contribution in [3.63, 3.8) is 0 Å². The van der Waals surface area contributed by atoms with Crippen LogP contribution in [0.1, 0.15) is 30.4 Å². The van der Waals surface area contributed by atoms with Gasteiger partial charge in [0.25, 0.3) is 0 Å². The van der Waals surface area contributed by atoms with Gasteiger partial charge in [0.15, 0.2) is 17.5 Å². The van der Waals surface area contributed by atoms with E-state index in [-0.39, 0.29) is 11.6 Å². The van der Waals surface area contributed by atoms with Gasteiger partial charge >= 0.3 is 0 Å². The van der Waals surface area contributed by atoms with Crippen molar-refractivity contribution in [3.8, 4) is 0 Å². The molecule has 1 aliphatic rings. The second-order valence-electron chi connectivity index (χ2n) is 6.49. The van der Waals surface area contributed by atoms with Gasteiger partial charge in [0.1, 0.15) is 12.9 Å². The topological polar surface area (TPSA) is 30.5 Å². The number of nitrogens with one attached hydrogen (secondary N) is 1. The molecule has 0 spiro atoms. The van der Waals surface area contributed by atoms with Crippen molar-refractivity contribution in [2.75, 3.05) is 13.2 Å². The van der Waals surface area contributed by atoms with Gasteiger partial charge in [0.2, 0.25) is 0 Å². The molecule has 0 radical (unpaired) electrons. The summed E-state index contributed by atoms with van der Waals surface area (Å²) in [6.45, 7) is 1.74. The number of rotatable bonds is 8. The van der Waals surface area contributed by atoms with E-state index in [0.717, 1.165) is 37.0 Å². The predicted octanol–water partition coefficient (Wildman–Crippen LogP) is 4.78. The molecule has 0 amide bonds. The Hall–Kier alpha value is -2.47. The highest BCUT2D eigenvalue weighted by Gasteiger charge is 2.19. The molecule has 144 valence electrons. The summed E-state index contributed by atoms with van der Waals surface area (Å²) in [5, 5.41) is 3.20. The highest BCUT2D eigenvalue weighted by molar-refractivity contribution is 5.64. The highest BCUT2D eigenvalue weighted by atomic mass is 19.2. The van der Waals surface area contributed by atoms with Crippen molar-refractivity contribution in [1.29, 1.82) is 0 Å². The van der Waals surface area contributed by atoms with Crippen LogP contribution in [0.2, 0.25) is 0 Å². The average Bonchev–Trinajstić information content (AvgIpc) is 2.69. The molecule has 1 N–H and O–H groups in total. The van der Waals surface area contributed by atoms with Crippen LogP contribution in [0.25, 0.3) is 5.70 Å². The van der Waals surface area contributed by atoms with Gasteiger partial charge in [0.05, 0.1) is 18.3 Å². The number of ether oxygens (including phenoxy) is 2. The summed E-state index contributed by atoms with van der Waals surface area (Å²) in [5.74, 6) is -3.90. The third kappa shape index (κ3) is 5.50.